The summed E-state index contributed by atoms with van der Waals surface area (Å²) in [7, 11) is 2.16. The van der Waals surface area contributed by atoms with Gasteiger partial charge in [-0.3, -0.25) is 9.78 Å². The first-order chi connectivity index (χ1) is 18.7. The fraction of sp³-hybridized carbons (Fsp3) is 0.290. The molecule has 0 atom stereocenters. The van der Waals surface area contributed by atoms with Crippen molar-refractivity contribution in [2.45, 2.75) is 55.6 Å². The second-order valence-corrected chi connectivity index (χ2v) is 10.6. The Bertz CT molecular complexity index is 1340. The van der Waals surface area contributed by atoms with Crippen LogP contribution in [0, 0.1) is 0 Å². The Hall–Kier alpha value is -3.71. The van der Waals surface area contributed by atoms with Crippen molar-refractivity contribution in [2.24, 2.45) is 0 Å². The zero-order chi connectivity index (χ0) is 26.2. The third-order valence-corrected chi connectivity index (χ3v) is 7.90. The van der Waals surface area contributed by atoms with Crippen LogP contribution in [0.25, 0.3) is 11.3 Å². The van der Waals surface area contributed by atoms with E-state index < -0.39 is 0 Å². The highest BCUT2D eigenvalue weighted by Gasteiger charge is 2.21. The van der Waals surface area contributed by atoms with Crippen molar-refractivity contribution in [1.82, 2.24) is 20.3 Å². The van der Waals surface area contributed by atoms with E-state index in [0.29, 0.717) is 23.9 Å². The molecule has 4 aromatic rings. The minimum Gasteiger partial charge on any atom is -0.357 e. The molecule has 0 bridgehead atoms. The average Bonchev–Trinajstić information content (AvgIpc) is 3.00. The Morgan fingerprint density at radius 3 is 2.55 bits per heavy atom. The molecule has 38 heavy (non-hydrogen) atoms. The summed E-state index contributed by atoms with van der Waals surface area (Å²) >= 11 is 1.60. The van der Waals surface area contributed by atoms with Crippen LogP contribution in [-0.4, -0.2) is 33.9 Å². The first kappa shape index (κ1) is 25.9. The lowest BCUT2D eigenvalue weighted by molar-refractivity contribution is 0.0951. The predicted molar refractivity (Wildman–Crippen MR) is 154 cm³/mol. The van der Waals surface area contributed by atoms with Crippen molar-refractivity contribution in [2.75, 3.05) is 11.9 Å². The van der Waals surface area contributed by atoms with Crippen LogP contribution in [-0.2, 0) is 12.3 Å². The van der Waals surface area contributed by atoms with Crippen molar-refractivity contribution in [3.8, 4) is 11.3 Å². The van der Waals surface area contributed by atoms with Crippen molar-refractivity contribution < 1.29 is 4.79 Å². The van der Waals surface area contributed by atoms with Crippen molar-refractivity contribution in [3.63, 3.8) is 0 Å². The quantitative estimate of drug-likeness (QED) is 0.199. The first-order valence-corrected chi connectivity index (χ1v) is 14.2. The van der Waals surface area contributed by atoms with Gasteiger partial charge in [0.1, 0.15) is 5.82 Å². The molecule has 0 radical (unpaired) electrons. The number of rotatable bonds is 9. The Balaban J connectivity index is 1.31. The van der Waals surface area contributed by atoms with Gasteiger partial charge in [-0.05, 0) is 42.2 Å². The summed E-state index contributed by atoms with van der Waals surface area (Å²) in [6.07, 6.45) is 9.78. The van der Waals surface area contributed by atoms with Crippen LogP contribution >= 0.6 is 11.8 Å². The van der Waals surface area contributed by atoms with Gasteiger partial charge in [0, 0.05) is 55.0 Å². The van der Waals surface area contributed by atoms with Crippen LogP contribution in [0.2, 0.25) is 0 Å². The van der Waals surface area contributed by atoms with E-state index in [1.807, 2.05) is 54.6 Å². The largest absolute Gasteiger partial charge is 0.357 e. The Labute approximate surface area is 228 Å². The van der Waals surface area contributed by atoms with Gasteiger partial charge in [-0.15, -0.1) is 0 Å². The van der Waals surface area contributed by atoms with Gasteiger partial charge in [0.15, 0.2) is 5.16 Å². The monoisotopic (exact) mass is 523 g/mol. The lowest BCUT2D eigenvalue weighted by Crippen LogP contribution is -2.34. The molecular weight excluding hydrogens is 490 g/mol. The van der Waals surface area contributed by atoms with E-state index in [1.54, 1.807) is 24.2 Å². The summed E-state index contributed by atoms with van der Waals surface area (Å²) < 4.78 is 0. The molecule has 1 N–H and O–H groups in total. The van der Waals surface area contributed by atoms with Crippen molar-refractivity contribution in [3.05, 3.63) is 102 Å². The van der Waals surface area contributed by atoms with Gasteiger partial charge in [-0.25, -0.2) is 9.97 Å². The highest BCUT2D eigenvalue weighted by molar-refractivity contribution is 7.98. The maximum absolute atomic E-state index is 12.7. The number of nitrogens with zero attached hydrogens (tertiary/aromatic N) is 4. The number of pyridine rings is 1. The number of hydrogen-bond acceptors (Lipinski definition) is 6. The second-order valence-electron chi connectivity index (χ2n) is 9.70. The SMILES string of the molecule is CN(c1cc(-c2ccccc2)nc(SCc2cccc(C(=O)NCc3cccnc3)c2)n1)C1CCCCC1. The third kappa shape index (κ3) is 6.78. The molecule has 7 heteroatoms. The predicted octanol–water partition coefficient (Wildman–Crippen LogP) is 6.53. The number of thioether (sulfide) groups is 1. The summed E-state index contributed by atoms with van der Waals surface area (Å²) in [5, 5.41) is 3.72. The third-order valence-electron chi connectivity index (χ3n) is 6.98. The van der Waals surface area contributed by atoms with E-state index in [9.17, 15) is 4.79 Å². The van der Waals surface area contributed by atoms with Crippen LogP contribution in [0.15, 0.2) is 90.3 Å². The lowest BCUT2D eigenvalue weighted by Gasteiger charge is -2.32. The van der Waals surface area contributed by atoms with Gasteiger partial charge in [0.05, 0.1) is 5.69 Å². The first-order valence-electron chi connectivity index (χ1n) is 13.2. The van der Waals surface area contributed by atoms with Gasteiger partial charge in [-0.2, -0.15) is 0 Å². The summed E-state index contributed by atoms with van der Waals surface area (Å²) in [6.45, 7) is 0.447. The van der Waals surface area contributed by atoms with Crippen LogP contribution < -0.4 is 10.2 Å². The minimum absolute atomic E-state index is 0.0978. The summed E-state index contributed by atoms with van der Waals surface area (Å²) in [6, 6.07) is 24.5. The zero-order valence-corrected chi connectivity index (χ0v) is 22.5. The van der Waals surface area contributed by atoms with Crippen molar-refractivity contribution in [1.29, 1.82) is 0 Å². The molecule has 0 unspecified atom stereocenters. The van der Waals surface area contributed by atoms with E-state index in [4.69, 9.17) is 9.97 Å². The molecule has 0 aliphatic heterocycles. The molecule has 0 saturated heterocycles. The molecule has 194 valence electrons. The molecule has 1 saturated carbocycles. The van der Waals surface area contributed by atoms with E-state index in [-0.39, 0.29) is 5.91 Å². The summed E-state index contributed by atoms with van der Waals surface area (Å²) in [5.74, 6) is 1.55. The van der Waals surface area contributed by atoms with Gasteiger partial charge >= 0.3 is 0 Å². The van der Waals surface area contributed by atoms with E-state index in [2.05, 4.69) is 40.4 Å². The Morgan fingerprint density at radius 2 is 1.76 bits per heavy atom. The maximum atomic E-state index is 12.7. The van der Waals surface area contributed by atoms with Gasteiger partial charge < -0.3 is 10.2 Å². The molecule has 6 nitrogen and oxygen atoms in total. The average molecular weight is 524 g/mol. The standard InChI is InChI=1S/C31H33N5OS/c1-36(27-15-6-3-7-16-27)29-19-28(25-12-4-2-5-13-25)34-31(35-29)38-22-23-10-8-14-26(18-23)30(37)33-21-24-11-9-17-32-20-24/h2,4-5,8-14,17-20,27H,3,6-7,15-16,21-22H2,1H3,(H,33,37). The fourth-order valence-corrected chi connectivity index (χ4v) is 5.60. The number of hydrogen-bond donors (Lipinski definition) is 1. The summed E-state index contributed by atoms with van der Waals surface area (Å²) in [5.41, 5.74) is 4.69. The number of aromatic nitrogens is 3. The van der Waals surface area contributed by atoms with Gasteiger partial charge in [0.2, 0.25) is 0 Å². The number of carbonyl (C=O) groups excluding carboxylic acids is 1. The number of nitrogens with one attached hydrogen (secondary N) is 1. The molecule has 0 spiro atoms. The van der Waals surface area contributed by atoms with E-state index in [1.165, 1.54) is 32.1 Å². The highest BCUT2D eigenvalue weighted by Crippen LogP contribution is 2.30. The van der Waals surface area contributed by atoms with E-state index in [0.717, 1.165) is 33.4 Å². The molecular formula is C31H33N5OS. The van der Waals surface area contributed by atoms with Crippen LogP contribution in [0.5, 0.6) is 0 Å². The van der Waals surface area contributed by atoms with Gasteiger partial charge in [0.25, 0.3) is 5.91 Å². The Morgan fingerprint density at radius 1 is 0.947 bits per heavy atom. The van der Waals surface area contributed by atoms with Crippen LogP contribution in [0.3, 0.4) is 0 Å². The number of amides is 1. The second kappa shape index (κ2) is 12.7. The Kier molecular flexibility index (Phi) is 8.66. The molecule has 1 amide bonds. The molecule has 2 aromatic carbocycles. The van der Waals surface area contributed by atoms with Crippen LogP contribution in [0.1, 0.15) is 53.6 Å². The number of benzene rings is 2. The maximum Gasteiger partial charge on any atom is 0.251 e. The molecule has 2 aromatic heterocycles. The normalized spacial score (nSPS) is 13.7. The molecule has 5 rings (SSSR count). The van der Waals surface area contributed by atoms with Gasteiger partial charge in [-0.1, -0.05) is 79.6 Å². The molecule has 2 heterocycles. The van der Waals surface area contributed by atoms with E-state index >= 15 is 0 Å². The molecule has 1 aliphatic carbocycles. The lowest BCUT2D eigenvalue weighted by atomic mass is 9.94. The van der Waals surface area contributed by atoms with Crippen LogP contribution in [0.4, 0.5) is 5.82 Å². The summed E-state index contributed by atoms with van der Waals surface area (Å²) in [4.78, 5) is 29.1. The smallest absolute Gasteiger partial charge is 0.251 e. The van der Waals surface area contributed by atoms with Crippen molar-refractivity contribution >= 4 is 23.5 Å². The topological polar surface area (TPSA) is 71.0 Å². The number of anilines is 1. The molecule has 1 fully saturated rings. The highest BCUT2D eigenvalue weighted by atomic mass is 32.2. The molecule has 1 aliphatic rings. The fourth-order valence-electron chi connectivity index (χ4n) is 4.81. The minimum atomic E-state index is -0.0978. The number of carbonyl (C=O) groups is 1. The zero-order valence-electron chi connectivity index (χ0n) is 21.7.